The summed E-state index contributed by atoms with van der Waals surface area (Å²) in [6.07, 6.45) is 10.6. The molecule has 4 aromatic rings. The van der Waals surface area contributed by atoms with Crippen molar-refractivity contribution in [3.63, 3.8) is 0 Å². The van der Waals surface area contributed by atoms with Gasteiger partial charge in [-0.25, -0.2) is 4.98 Å². The van der Waals surface area contributed by atoms with Crippen LogP contribution in [0.25, 0.3) is 16.9 Å². The Labute approximate surface area is 199 Å². The van der Waals surface area contributed by atoms with Crippen molar-refractivity contribution in [2.75, 3.05) is 46.3 Å². The van der Waals surface area contributed by atoms with Crippen LogP contribution in [0, 0.1) is 0 Å². The van der Waals surface area contributed by atoms with Gasteiger partial charge in [-0.2, -0.15) is 0 Å². The van der Waals surface area contributed by atoms with Gasteiger partial charge < -0.3 is 19.7 Å². The standard InChI is InChI=1S/C26H31N7O/c1-30-14-16-31(17-15-30)11-5-10-28-26(34)24-23-7-2-3-12-33(23)25(29-24)22-8-13-32(20-22)19-21-6-4-9-27-18-21/h2-4,6-9,12-13,18,20H,5,10-11,14-17,19H2,1H3,(H,28,34). The summed E-state index contributed by atoms with van der Waals surface area (Å²) >= 11 is 0. The van der Waals surface area contributed by atoms with E-state index in [-0.39, 0.29) is 5.91 Å². The zero-order valence-electron chi connectivity index (χ0n) is 19.6. The van der Waals surface area contributed by atoms with Crippen LogP contribution < -0.4 is 5.32 Å². The predicted molar refractivity (Wildman–Crippen MR) is 133 cm³/mol. The monoisotopic (exact) mass is 457 g/mol. The Balaban J connectivity index is 1.27. The number of hydrogen-bond donors (Lipinski definition) is 1. The lowest BCUT2D eigenvalue weighted by Crippen LogP contribution is -2.45. The fourth-order valence-corrected chi connectivity index (χ4v) is 4.44. The summed E-state index contributed by atoms with van der Waals surface area (Å²) in [7, 11) is 2.16. The smallest absolute Gasteiger partial charge is 0.272 e. The maximum Gasteiger partial charge on any atom is 0.272 e. The summed E-state index contributed by atoms with van der Waals surface area (Å²) in [6, 6.07) is 11.9. The van der Waals surface area contributed by atoms with Gasteiger partial charge >= 0.3 is 0 Å². The van der Waals surface area contributed by atoms with Crippen LogP contribution in [-0.2, 0) is 6.54 Å². The minimum absolute atomic E-state index is 0.122. The van der Waals surface area contributed by atoms with Crippen molar-refractivity contribution < 1.29 is 4.79 Å². The number of likely N-dealkylation sites (N-methyl/N-ethyl adjacent to an activating group) is 1. The second-order valence-corrected chi connectivity index (χ2v) is 8.93. The number of carbonyl (C=O) groups excluding carboxylic acids is 1. The molecule has 0 aliphatic carbocycles. The Bertz CT molecular complexity index is 1240. The average Bonchev–Trinajstić information content (AvgIpc) is 3.48. The Morgan fingerprint density at radius 1 is 1.06 bits per heavy atom. The maximum atomic E-state index is 13.0. The summed E-state index contributed by atoms with van der Waals surface area (Å²) < 4.78 is 4.09. The average molecular weight is 458 g/mol. The molecule has 0 radical (unpaired) electrons. The predicted octanol–water partition coefficient (Wildman–Crippen LogP) is 2.61. The fourth-order valence-electron chi connectivity index (χ4n) is 4.44. The molecule has 0 aromatic carbocycles. The molecule has 8 heteroatoms. The molecule has 0 atom stereocenters. The summed E-state index contributed by atoms with van der Waals surface area (Å²) in [5.41, 5.74) is 3.39. The van der Waals surface area contributed by atoms with E-state index < -0.39 is 0 Å². The lowest BCUT2D eigenvalue weighted by atomic mass is 10.3. The third-order valence-corrected chi connectivity index (χ3v) is 6.39. The van der Waals surface area contributed by atoms with Gasteiger partial charge in [-0.15, -0.1) is 0 Å². The van der Waals surface area contributed by atoms with Gasteiger partial charge in [0, 0.05) is 75.8 Å². The normalized spacial score (nSPS) is 15.1. The van der Waals surface area contributed by atoms with E-state index in [9.17, 15) is 4.79 Å². The van der Waals surface area contributed by atoms with Crippen LogP contribution in [0.15, 0.2) is 67.4 Å². The number of aromatic nitrogens is 4. The van der Waals surface area contributed by atoms with Gasteiger partial charge in [-0.05, 0) is 49.8 Å². The van der Waals surface area contributed by atoms with Crippen molar-refractivity contribution in [2.45, 2.75) is 13.0 Å². The second-order valence-electron chi connectivity index (χ2n) is 8.93. The van der Waals surface area contributed by atoms with E-state index in [4.69, 9.17) is 4.98 Å². The van der Waals surface area contributed by atoms with Crippen molar-refractivity contribution in [2.24, 2.45) is 0 Å². The number of fused-ring (bicyclic) bond motifs is 1. The fraction of sp³-hybridized carbons (Fsp3) is 0.346. The van der Waals surface area contributed by atoms with Crippen LogP contribution in [-0.4, -0.2) is 81.0 Å². The zero-order chi connectivity index (χ0) is 23.3. The Morgan fingerprint density at radius 2 is 1.94 bits per heavy atom. The van der Waals surface area contributed by atoms with Gasteiger partial charge in [0.05, 0.1) is 5.52 Å². The Kier molecular flexibility index (Phi) is 6.69. The molecule has 1 saturated heterocycles. The Morgan fingerprint density at radius 3 is 2.76 bits per heavy atom. The van der Waals surface area contributed by atoms with Crippen molar-refractivity contribution >= 4 is 11.4 Å². The largest absolute Gasteiger partial charge is 0.351 e. The molecule has 0 saturated carbocycles. The molecule has 34 heavy (non-hydrogen) atoms. The molecule has 176 valence electrons. The molecule has 1 aliphatic rings. The molecule has 0 unspecified atom stereocenters. The molecule has 1 amide bonds. The SMILES string of the molecule is CN1CCN(CCCNC(=O)c2nc(-c3ccn(Cc4cccnc4)c3)n3ccccc23)CC1. The van der Waals surface area contributed by atoms with Gasteiger partial charge in [-0.3, -0.25) is 14.2 Å². The highest BCUT2D eigenvalue weighted by molar-refractivity contribution is 6.00. The maximum absolute atomic E-state index is 13.0. The van der Waals surface area contributed by atoms with Gasteiger partial charge in [0.15, 0.2) is 5.69 Å². The van der Waals surface area contributed by atoms with Gasteiger partial charge in [0.25, 0.3) is 5.91 Å². The number of rotatable bonds is 8. The number of nitrogens with one attached hydrogen (secondary N) is 1. The first-order chi connectivity index (χ1) is 16.7. The zero-order valence-corrected chi connectivity index (χ0v) is 19.6. The molecule has 0 bridgehead atoms. The molecular weight excluding hydrogens is 426 g/mol. The topological polar surface area (TPSA) is 70.7 Å². The van der Waals surface area contributed by atoms with E-state index in [1.165, 1.54) is 0 Å². The van der Waals surface area contributed by atoms with Crippen LogP contribution in [0.1, 0.15) is 22.5 Å². The highest BCUT2D eigenvalue weighted by Gasteiger charge is 2.19. The first-order valence-corrected chi connectivity index (χ1v) is 11.9. The van der Waals surface area contributed by atoms with Crippen molar-refractivity contribution in [1.82, 2.24) is 34.1 Å². The van der Waals surface area contributed by atoms with Crippen LogP contribution in [0.4, 0.5) is 0 Å². The molecule has 1 aliphatic heterocycles. The number of piperazine rings is 1. The van der Waals surface area contributed by atoms with Crippen LogP contribution in [0.5, 0.6) is 0 Å². The van der Waals surface area contributed by atoms with E-state index in [2.05, 4.69) is 44.0 Å². The third-order valence-electron chi connectivity index (χ3n) is 6.39. The van der Waals surface area contributed by atoms with Crippen LogP contribution in [0.3, 0.4) is 0 Å². The van der Waals surface area contributed by atoms with E-state index in [1.807, 2.05) is 53.3 Å². The molecule has 1 N–H and O–H groups in total. The molecule has 5 rings (SSSR count). The molecular formula is C26H31N7O. The summed E-state index contributed by atoms with van der Waals surface area (Å²) in [4.78, 5) is 26.8. The quantitative estimate of drug-likeness (QED) is 0.412. The highest BCUT2D eigenvalue weighted by Crippen LogP contribution is 2.23. The number of carbonyl (C=O) groups is 1. The first kappa shape index (κ1) is 22.3. The van der Waals surface area contributed by atoms with E-state index in [1.54, 1.807) is 6.20 Å². The third kappa shape index (κ3) is 5.03. The minimum atomic E-state index is -0.122. The summed E-state index contributed by atoms with van der Waals surface area (Å²) in [5, 5.41) is 3.08. The number of pyridine rings is 2. The number of imidazole rings is 1. The lowest BCUT2D eigenvalue weighted by Gasteiger charge is -2.32. The summed E-state index contributed by atoms with van der Waals surface area (Å²) in [6.45, 7) is 6.80. The van der Waals surface area contributed by atoms with Crippen LogP contribution >= 0.6 is 0 Å². The second kappa shape index (κ2) is 10.2. The van der Waals surface area contributed by atoms with Gasteiger partial charge in [0.2, 0.25) is 0 Å². The molecule has 5 heterocycles. The number of nitrogens with zero attached hydrogens (tertiary/aromatic N) is 6. The summed E-state index contributed by atoms with van der Waals surface area (Å²) in [5.74, 6) is 0.645. The van der Waals surface area contributed by atoms with Crippen molar-refractivity contribution in [3.8, 4) is 11.4 Å². The lowest BCUT2D eigenvalue weighted by molar-refractivity contribution is 0.0946. The number of amides is 1. The molecule has 1 fully saturated rings. The van der Waals surface area contributed by atoms with Gasteiger partial charge in [0.1, 0.15) is 5.82 Å². The molecule has 0 spiro atoms. The van der Waals surface area contributed by atoms with E-state index >= 15 is 0 Å². The highest BCUT2D eigenvalue weighted by atomic mass is 16.1. The molecule has 4 aromatic heterocycles. The minimum Gasteiger partial charge on any atom is -0.351 e. The van der Waals surface area contributed by atoms with Crippen LogP contribution in [0.2, 0.25) is 0 Å². The van der Waals surface area contributed by atoms with E-state index in [0.29, 0.717) is 12.2 Å². The van der Waals surface area contributed by atoms with Crippen molar-refractivity contribution in [1.29, 1.82) is 0 Å². The Hall–Kier alpha value is -3.49. The van der Waals surface area contributed by atoms with E-state index in [0.717, 1.165) is 68.2 Å². The first-order valence-electron chi connectivity index (χ1n) is 11.9. The van der Waals surface area contributed by atoms with Crippen molar-refractivity contribution in [3.05, 3.63) is 78.6 Å². The number of hydrogen-bond acceptors (Lipinski definition) is 5. The van der Waals surface area contributed by atoms with Gasteiger partial charge in [-0.1, -0.05) is 12.1 Å². The molecule has 8 nitrogen and oxygen atoms in total.